The van der Waals surface area contributed by atoms with Gasteiger partial charge in [-0.05, 0) is 35.4 Å². The lowest BCUT2D eigenvalue weighted by molar-refractivity contribution is 0.243. The lowest BCUT2D eigenvalue weighted by atomic mass is 10.1. The van der Waals surface area contributed by atoms with E-state index in [0.29, 0.717) is 6.54 Å². The van der Waals surface area contributed by atoms with E-state index in [1.807, 2.05) is 48.5 Å². The first-order valence-corrected chi connectivity index (χ1v) is 8.60. The summed E-state index contributed by atoms with van der Waals surface area (Å²) < 4.78 is 16.6. The van der Waals surface area contributed by atoms with Gasteiger partial charge in [0.2, 0.25) is 0 Å². The Morgan fingerprint density at radius 2 is 1.95 bits per heavy atom. The van der Waals surface area contributed by atoms with E-state index >= 15 is 0 Å². The number of benzene rings is 2. The number of aliphatic hydroxyl groups is 1. The van der Waals surface area contributed by atoms with Gasteiger partial charge in [0.05, 0.1) is 19.8 Å². The second kappa shape index (κ2) is 8.08. The molecule has 0 aromatic heterocycles. The van der Waals surface area contributed by atoms with Crippen LogP contribution in [0, 0.1) is 0 Å². The Morgan fingerprint density at radius 1 is 1.23 bits per heavy atom. The van der Waals surface area contributed by atoms with Crippen LogP contribution in [0.15, 0.2) is 53.4 Å². The molecular formula is C17H21NO3S. The van der Waals surface area contributed by atoms with Crippen molar-refractivity contribution in [3.05, 3.63) is 59.7 Å². The molecule has 0 saturated carbocycles. The quantitative estimate of drug-likeness (QED) is 0.822. The number of hydrogen-bond acceptors (Lipinski definition) is 4. The zero-order valence-electron chi connectivity index (χ0n) is 12.8. The minimum atomic E-state index is -0.959. The van der Waals surface area contributed by atoms with Gasteiger partial charge in [-0.25, -0.2) is 0 Å². The maximum absolute atomic E-state index is 11.4. The Bertz CT molecular complexity index is 628. The van der Waals surface area contributed by atoms with Crippen LogP contribution >= 0.6 is 0 Å². The van der Waals surface area contributed by atoms with E-state index in [4.69, 9.17) is 4.74 Å². The van der Waals surface area contributed by atoms with Crippen molar-refractivity contribution >= 4 is 10.8 Å². The minimum Gasteiger partial charge on any atom is -0.497 e. The highest BCUT2D eigenvalue weighted by molar-refractivity contribution is 7.84. The molecule has 0 amide bonds. The van der Waals surface area contributed by atoms with E-state index in [-0.39, 0.29) is 12.6 Å². The van der Waals surface area contributed by atoms with Crippen molar-refractivity contribution in [2.45, 2.75) is 17.5 Å². The third-order valence-electron chi connectivity index (χ3n) is 3.49. The molecule has 2 N–H and O–H groups in total. The van der Waals surface area contributed by atoms with Gasteiger partial charge in [0.15, 0.2) is 0 Å². The summed E-state index contributed by atoms with van der Waals surface area (Å²) in [6, 6.07) is 15.1. The van der Waals surface area contributed by atoms with Crippen LogP contribution < -0.4 is 10.1 Å². The van der Waals surface area contributed by atoms with Gasteiger partial charge >= 0.3 is 0 Å². The lowest BCUT2D eigenvalue weighted by Gasteiger charge is -2.17. The first-order valence-electron chi connectivity index (χ1n) is 7.04. The Labute approximate surface area is 133 Å². The Balaban J connectivity index is 2.02. The van der Waals surface area contributed by atoms with E-state index in [1.165, 1.54) is 0 Å². The predicted molar refractivity (Wildman–Crippen MR) is 88.4 cm³/mol. The Hall–Kier alpha value is -1.69. The molecule has 0 aliphatic carbocycles. The first kappa shape index (κ1) is 16.7. The number of methoxy groups -OCH3 is 1. The standard InChI is InChI=1S/C17H21NO3S/c1-21-15-5-3-4-14(10-15)17(12-19)18-11-13-6-8-16(9-7-13)22(2)20/h3-10,17-19H,11-12H2,1-2H3/t17-,22+/m1/s1. The van der Waals surface area contributed by atoms with Crippen LogP contribution in [-0.4, -0.2) is 29.3 Å². The smallest absolute Gasteiger partial charge is 0.119 e. The zero-order chi connectivity index (χ0) is 15.9. The summed E-state index contributed by atoms with van der Waals surface area (Å²) in [5.41, 5.74) is 2.06. The van der Waals surface area contributed by atoms with Crippen molar-refractivity contribution in [2.24, 2.45) is 0 Å². The molecule has 2 aromatic rings. The van der Waals surface area contributed by atoms with E-state index in [1.54, 1.807) is 13.4 Å². The van der Waals surface area contributed by atoms with Crippen LogP contribution in [0.5, 0.6) is 5.75 Å². The highest BCUT2D eigenvalue weighted by Crippen LogP contribution is 2.19. The number of nitrogens with one attached hydrogen (secondary N) is 1. The van der Waals surface area contributed by atoms with Crippen molar-refractivity contribution in [3.8, 4) is 5.75 Å². The fourth-order valence-electron chi connectivity index (χ4n) is 2.19. The van der Waals surface area contributed by atoms with Crippen molar-refractivity contribution in [1.29, 1.82) is 0 Å². The molecule has 118 valence electrons. The average molecular weight is 319 g/mol. The van der Waals surface area contributed by atoms with Gasteiger partial charge < -0.3 is 15.2 Å². The summed E-state index contributed by atoms with van der Waals surface area (Å²) in [5, 5.41) is 12.9. The number of rotatable bonds is 7. The summed E-state index contributed by atoms with van der Waals surface area (Å²) in [4.78, 5) is 0.815. The molecule has 0 bridgehead atoms. The summed E-state index contributed by atoms with van der Waals surface area (Å²) >= 11 is 0. The summed E-state index contributed by atoms with van der Waals surface area (Å²) in [5.74, 6) is 0.771. The molecule has 5 heteroatoms. The topological polar surface area (TPSA) is 58.6 Å². The van der Waals surface area contributed by atoms with Gasteiger partial charge in [0, 0.05) is 28.5 Å². The largest absolute Gasteiger partial charge is 0.497 e. The first-order chi connectivity index (χ1) is 10.6. The van der Waals surface area contributed by atoms with Crippen LogP contribution in [0.4, 0.5) is 0 Å². The van der Waals surface area contributed by atoms with E-state index in [2.05, 4.69) is 5.32 Å². The zero-order valence-corrected chi connectivity index (χ0v) is 13.6. The van der Waals surface area contributed by atoms with Crippen LogP contribution in [0.25, 0.3) is 0 Å². The van der Waals surface area contributed by atoms with Crippen molar-refractivity contribution in [2.75, 3.05) is 20.0 Å². The van der Waals surface area contributed by atoms with E-state index in [0.717, 1.165) is 21.8 Å². The molecule has 0 aliphatic rings. The molecule has 2 rings (SSSR count). The molecule has 0 fully saturated rings. The number of aliphatic hydroxyl groups excluding tert-OH is 1. The molecule has 0 radical (unpaired) electrons. The van der Waals surface area contributed by atoms with Crippen LogP contribution in [0.1, 0.15) is 17.2 Å². The fourth-order valence-corrected chi connectivity index (χ4v) is 2.71. The number of hydrogen-bond donors (Lipinski definition) is 2. The van der Waals surface area contributed by atoms with Crippen LogP contribution in [0.2, 0.25) is 0 Å². The van der Waals surface area contributed by atoms with Crippen LogP contribution in [-0.2, 0) is 17.3 Å². The number of ether oxygens (including phenoxy) is 1. The highest BCUT2D eigenvalue weighted by atomic mass is 32.2. The second-order valence-electron chi connectivity index (χ2n) is 4.99. The molecule has 0 unspecified atom stereocenters. The van der Waals surface area contributed by atoms with Gasteiger partial charge in [-0.1, -0.05) is 24.3 Å². The summed E-state index contributed by atoms with van der Waals surface area (Å²) in [6.45, 7) is 0.628. The molecule has 0 heterocycles. The second-order valence-corrected chi connectivity index (χ2v) is 6.37. The van der Waals surface area contributed by atoms with Gasteiger partial charge in [0.25, 0.3) is 0 Å². The summed E-state index contributed by atoms with van der Waals surface area (Å²) in [7, 11) is 0.665. The van der Waals surface area contributed by atoms with Gasteiger partial charge in [-0.2, -0.15) is 0 Å². The van der Waals surface area contributed by atoms with Crippen molar-refractivity contribution in [3.63, 3.8) is 0 Å². The summed E-state index contributed by atoms with van der Waals surface area (Å²) in [6.07, 6.45) is 1.66. The molecule has 22 heavy (non-hydrogen) atoms. The normalized spacial score (nSPS) is 13.6. The van der Waals surface area contributed by atoms with Gasteiger partial charge in [-0.3, -0.25) is 4.21 Å². The molecule has 0 saturated heterocycles. The van der Waals surface area contributed by atoms with Crippen LogP contribution in [0.3, 0.4) is 0 Å². The van der Waals surface area contributed by atoms with Gasteiger partial charge in [-0.15, -0.1) is 0 Å². The molecule has 2 aromatic carbocycles. The molecule has 0 aliphatic heterocycles. The predicted octanol–water partition coefficient (Wildman–Crippen LogP) is 2.26. The average Bonchev–Trinajstić information content (AvgIpc) is 2.56. The highest BCUT2D eigenvalue weighted by Gasteiger charge is 2.10. The van der Waals surface area contributed by atoms with Crippen molar-refractivity contribution < 1.29 is 14.1 Å². The minimum absolute atomic E-state index is 0.00419. The van der Waals surface area contributed by atoms with Crippen molar-refractivity contribution in [1.82, 2.24) is 5.32 Å². The van der Waals surface area contributed by atoms with Gasteiger partial charge in [0.1, 0.15) is 5.75 Å². The third-order valence-corrected chi connectivity index (χ3v) is 4.42. The lowest BCUT2D eigenvalue weighted by Crippen LogP contribution is -2.24. The Morgan fingerprint density at radius 3 is 2.55 bits per heavy atom. The maximum atomic E-state index is 11.4. The maximum Gasteiger partial charge on any atom is 0.119 e. The third kappa shape index (κ3) is 4.40. The molecule has 4 nitrogen and oxygen atoms in total. The monoisotopic (exact) mass is 319 g/mol. The van der Waals surface area contributed by atoms with E-state index < -0.39 is 10.8 Å². The molecule has 2 atom stereocenters. The fraction of sp³-hybridized carbons (Fsp3) is 0.294. The molecular weight excluding hydrogens is 298 g/mol. The molecule has 0 spiro atoms. The Kier molecular flexibility index (Phi) is 6.12. The van der Waals surface area contributed by atoms with E-state index in [9.17, 15) is 9.32 Å². The SMILES string of the molecule is COc1cccc([C@@H](CO)NCc2ccc([S@](C)=O)cc2)c1.